The Morgan fingerprint density at radius 2 is 1.93 bits per heavy atom. The maximum atomic E-state index is 11.2. The van der Waals surface area contributed by atoms with Crippen LogP contribution in [0.5, 0.6) is 5.75 Å². The van der Waals surface area contributed by atoms with Crippen LogP contribution in [0.2, 0.25) is 0 Å². The summed E-state index contributed by atoms with van der Waals surface area (Å²) < 4.78 is 6.01. The van der Waals surface area contributed by atoms with Gasteiger partial charge in [0.1, 0.15) is 23.3 Å². The first kappa shape index (κ1) is 19.4. The fraction of sp³-hybridized carbons (Fsp3) is 0.318. The van der Waals surface area contributed by atoms with E-state index in [1.165, 1.54) is 0 Å². The molecule has 1 aliphatic rings. The molecule has 0 spiro atoms. The third-order valence-corrected chi connectivity index (χ3v) is 4.98. The van der Waals surface area contributed by atoms with Crippen LogP contribution < -0.4 is 4.74 Å². The number of benzene rings is 2. The van der Waals surface area contributed by atoms with Crippen molar-refractivity contribution >= 4 is 5.84 Å². The molecule has 1 N–H and O–H groups in total. The van der Waals surface area contributed by atoms with Crippen molar-refractivity contribution in [3.05, 3.63) is 65.2 Å². The van der Waals surface area contributed by atoms with Gasteiger partial charge in [-0.25, -0.2) is 0 Å². The van der Waals surface area contributed by atoms with Gasteiger partial charge in [-0.1, -0.05) is 30.3 Å². The summed E-state index contributed by atoms with van der Waals surface area (Å²) in [7, 11) is 0. The number of aliphatic hydroxyl groups excluding tert-OH is 1. The third kappa shape index (κ3) is 3.43. The number of nitrogens with zero attached hydrogens (tertiary/aromatic N) is 4. The number of hydrogen-bond donors (Lipinski definition) is 1. The van der Waals surface area contributed by atoms with Crippen LogP contribution >= 0.6 is 0 Å². The monoisotopic (exact) mass is 374 g/mol. The summed E-state index contributed by atoms with van der Waals surface area (Å²) >= 11 is 0. The highest BCUT2D eigenvalue weighted by molar-refractivity contribution is 5.99. The lowest BCUT2D eigenvalue weighted by Crippen LogP contribution is -2.54. The van der Waals surface area contributed by atoms with Gasteiger partial charge < -0.3 is 14.7 Å². The molecule has 1 heterocycles. The summed E-state index contributed by atoms with van der Waals surface area (Å²) in [5, 5.41) is 29.8. The highest BCUT2D eigenvalue weighted by atomic mass is 16.5. The molecule has 6 nitrogen and oxygen atoms in total. The van der Waals surface area contributed by atoms with Crippen LogP contribution in [0.1, 0.15) is 43.5 Å². The molecular weight excluding hydrogens is 352 g/mol. The lowest BCUT2D eigenvalue weighted by molar-refractivity contribution is -0.0809. The van der Waals surface area contributed by atoms with Crippen LogP contribution in [-0.2, 0) is 0 Å². The Bertz CT molecular complexity index is 970. The lowest BCUT2D eigenvalue weighted by Gasteiger charge is -2.47. The second-order valence-electron chi connectivity index (χ2n) is 7.15. The molecule has 0 saturated heterocycles. The molecule has 0 aromatic heterocycles. The Morgan fingerprint density at radius 1 is 1.21 bits per heavy atom. The zero-order valence-corrected chi connectivity index (χ0v) is 16.1. The quantitative estimate of drug-likeness (QED) is 0.505. The maximum absolute atomic E-state index is 11.2. The summed E-state index contributed by atoms with van der Waals surface area (Å²) in [5.41, 5.74) is 1.11. The molecule has 2 aromatic rings. The van der Waals surface area contributed by atoms with Gasteiger partial charge in [-0.2, -0.15) is 15.5 Å². The first-order valence-corrected chi connectivity index (χ1v) is 9.13. The largest absolute Gasteiger partial charge is 0.485 e. The van der Waals surface area contributed by atoms with Gasteiger partial charge in [0, 0.05) is 17.7 Å². The number of nitriles is 2. The molecule has 0 saturated carbocycles. The minimum Gasteiger partial charge on any atom is -0.485 e. The van der Waals surface area contributed by atoms with E-state index < -0.39 is 17.7 Å². The minimum absolute atomic E-state index is 0.473. The molecule has 2 atom stereocenters. The van der Waals surface area contributed by atoms with Crippen LogP contribution in [0.15, 0.2) is 53.5 Å². The average molecular weight is 374 g/mol. The molecule has 2 aromatic carbocycles. The second kappa shape index (κ2) is 7.72. The van der Waals surface area contributed by atoms with E-state index in [1.54, 1.807) is 18.2 Å². The topological polar surface area (TPSA) is 92.6 Å². The smallest absolute Gasteiger partial charge is 0.207 e. The predicted molar refractivity (Wildman–Crippen MR) is 106 cm³/mol. The SMILES string of the molecule is CCN(C(=NC#N)c1ccccc1)[C@@H]1c2cc(C#N)ccc2OC(C)(C)[C@H]1O. The van der Waals surface area contributed by atoms with Gasteiger partial charge in [0.15, 0.2) is 0 Å². The number of rotatable bonds is 3. The zero-order valence-electron chi connectivity index (χ0n) is 16.1. The van der Waals surface area contributed by atoms with E-state index in [0.29, 0.717) is 29.3 Å². The van der Waals surface area contributed by atoms with Crippen LogP contribution in [-0.4, -0.2) is 34.1 Å². The van der Waals surface area contributed by atoms with Crippen molar-refractivity contribution in [3.63, 3.8) is 0 Å². The zero-order chi connectivity index (χ0) is 20.3. The number of aliphatic imine (C=N–C) groups is 1. The first-order chi connectivity index (χ1) is 13.4. The number of aliphatic hydroxyl groups is 1. The Labute approximate surface area is 164 Å². The van der Waals surface area contributed by atoms with E-state index in [1.807, 2.05) is 62.2 Å². The molecule has 6 heteroatoms. The van der Waals surface area contributed by atoms with Gasteiger partial charge in [0.05, 0.1) is 17.7 Å². The van der Waals surface area contributed by atoms with Crippen molar-refractivity contribution in [1.82, 2.24) is 4.90 Å². The van der Waals surface area contributed by atoms with Crippen molar-refractivity contribution in [2.75, 3.05) is 6.54 Å². The number of fused-ring (bicyclic) bond motifs is 1. The molecule has 0 amide bonds. The van der Waals surface area contributed by atoms with Crippen molar-refractivity contribution in [2.24, 2.45) is 4.99 Å². The van der Waals surface area contributed by atoms with Crippen molar-refractivity contribution in [1.29, 1.82) is 10.5 Å². The van der Waals surface area contributed by atoms with Gasteiger partial charge in [-0.15, -0.1) is 0 Å². The number of amidine groups is 1. The number of hydrogen-bond acceptors (Lipinski definition) is 5. The van der Waals surface area contributed by atoms with Gasteiger partial charge in [-0.05, 0) is 39.0 Å². The molecule has 142 valence electrons. The number of likely N-dealkylation sites (N-methyl/N-ethyl adjacent to an activating group) is 1. The summed E-state index contributed by atoms with van der Waals surface area (Å²) in [5.74, 6) is 1.09. The molecule has 0 unspecified atom stereocenters. The summed E-state index contributed by atoms with van der Waals surface area (Å²) in [4.78, 5) is 5.97. The molecule has 0 bridgehead atoms. The van der Waals surface area contributed by atoms with Crippen LogP contribution in [0.3, 0.4) is 0 Å². The Balaban J connectivity index is 2.19. The first-order valence-electron chi connectivity index (χ1n) is 9.13. The molecule has 0 aliphatic carbocycles. The fourth-order valence-electron chi connectivity index (χ4n) is 3.58. The molecule has 3 rings (SSSR count). The van der Waals surface area contributed by atoms with Crippen molar-refractivity contribution in [3.8, 4) is 18.0 Å². The van der Waals surface area contributed by atoms with E-state index in [-0.39, 0.29) is 0 Å². The van der Waals surface area contributed by atoms with Crippen molar-refractivity contribution in [2.45, 2.75) is 38.5 Å². The molecular formula is C22H22N4O2. The minimum atomic E-state index is -0.901. The predicted octanol–water partition coefficient (Wildman–Crippen LogP) is 3.38. The summed E-state index contributed by atoms with van der Waals surface area (Å²) in [6.07, 6.45) is 0.982. The normalized spacial score (nSPS) is 20.3. The molecule has 0 fully saturated rings. The molecule has 28 heavy (non-hydrogen) atoms. The second-order valence-corrected chi connectivity index (χ2v) is 7.15. The fourth-order valence-corrected chi connectivity index (χ4v) is 3.58. The van der Waals surface area contributed by atoms with E-state index >= 15 is 0 Å². The van der Waals surface area contributed by atoms with Gasteiger partial charge >= 0.3 is 0 Å². The summed E-state index contributed by atoms with van der Waals surface area (Å²) in [6.45, 7) is 6.09. The Morgan fingerprint density at radius 3 is 2.54 bits per heavy atom. The van der Waals surface area contributed by atoms with Crippen LogP contribution in [0.4, 0.5) is 0 Å². The van der Waals surface area contributed by atoms with E-state index in [4.69, 9.17) is 4.74 Å². The average Bonchev–Trinajstić information content (AvgIpc) is 2.70. The van der Waals surface area contributed by atoms with E-state index in [9.17, 15) is 15.6 Å². The van der Waals surface area contributed by atoms with Gasteiger partial charge in [0.2, 0.25) is 6.19 Å². The Hall–Kier alpha value is -3.35. The molecule has 1 aliphatic heterocycles. The highest BCUT2D eigenvalue weighted by Gasteiger charge is 2.46. The van der Waals surface area contributed by atoms with Crippen LogP contribution in [0.25, 0.3) is 0 Å². The highest BCUT2D eigenvalue weighted by Crippen LogP contribution is 2.43. The van der Waals surface area contributed by atoms with Crippen molar-refractivity contribution < 1.29 is 9.84 Å². The number of ether oxygens (including phenoxy) is 1. The molecule has 0 radical (unpaired) electrons. The lowest BCUT2D eigenvalue weighted by atomic mass is 9.84. The van der Waals surface area contributed by atoms with Gasteiger partial charge in [-0.3, -0.25) is 0 Å². The van der Waals surface area contributed by atoms with Crippen LogP contribution in [0, 0.1) is 22.8 Å². The standard InChI is InChI=1S/C22H22N4O2/c1-4-26(21(25-14-24)16-8-6-5-7-9-16)19-17-12-15(13-23)10-11-18(17)28-22(2,3)20(19)27/h5-12,19-20,27H,4H2,1-3H3/t19-,20+/m1/s1. The Kier molecular flexibility index (Phi) is 5.35. The van der Waals surface area contributed by atoms with Gasteiger partial charge in [0.25, 0.3) is 0 Å². The maximum Gasteiger partial charge on any atom is 0.207 e. The summed E-state index contributed by atoms with van der Waals surface area (Å²) in [6, 6.07) is 16.2. The van der Waals surface area contributed by atoms with E-state index in [2.05, 4.69) is 11.1 Å². The third-order valence-electron chi connectivity index (χ3n) is 4.98. The van der Waals surface area contributed by atoms with E-state index in [0.717, 1.165) is 5.56 Å².